The van der Waals surface area contributed by atoms with Crippen molar-refractivity contribution in [2.75, 3.05) is 33.9 Å². The Labute approximate surface area is 106 Å². The minimum atomic E-state index is -0.536. The van der Waals surface area contributed by atoms with Crippen LogP contribution in [0.4, 0.5) is 4.79 Å². The fraction of sp³-hybridized carbons (Fsp3) is 0.727. The van der Waals surface area contributed by atoms with E-state index < -0.39 is 18.0 Å². The van der Waals surface area contributed by atoms with Gasteiger partial charge in [-0.2, -0.15) is 0 Å². The molecule has 0 spiro atoms. The smallest absolute Gasteiger partial charge is 0.325 e. The summed E-state index contributed by atoms with van der Waals surface area (Å²) in [6.45, 7) is 2.34. The number of hydrogen-bond acceptors (Lipinski definition) is 5. The SMILES string of the molecule is CCCNC(=O)N(CCC(=O)OC)CC(=O)OC. The molecule has 0 aliphatic rings. The molecular weight excluding hydrogens is 240 g/mol. The Morgan fingerprint density at radius 3 is 2.22 bits per heavy atom. The fourth-order valence-electron chi connectivity index (χ4n) is 1.14. The van der Waals surface area contributed by atoms with E-state index in [4.69, 9.17) is 0 Å². The van der Waals surface area contributed by atoms with E-state index in [1.54, 1.807) is 0 Å². The maximum Gasteiger partial charge on any atom is 0.325 e. The van der Waals surface area contributed by atoms with E-state index in [9.17, 15) is 14.4 Å². The first kappa shape index (κ1) is 16.2. The number of amides is 2. The van der Waals surface area contributed by atoms with E-state index >= 15 is 0 Å². The van der Waals surface area contributed by atoms with Gasteiger partial charge in [0.2, 0.25) is 0 Å². The first-order valence-electron chi connectivity index (χ1n) is 5.71. The third-order valence-electron chi connectivity index (χ3n) is 2.17. The van der Waals surface area contributed by atoms with Crippen LogP contribution in [-0.4, -0.2) is 56.7 Å². The summed E-state index contributed by atoms with van der Waals surface area (Å²) in [5, 5.41) is 2.63. The number of rotatable bonds is 7. The molecule has 0 heterocycles. The number of nitrogens with zero attached hydrogens (tertiary/aromatic N) is 1. The number of methoxy groups -OCH3 is 2. The van der Waals surface area contributed by atoms with Crippen molar-refractivity contribution >= 4 is 18.0 Å². The highest BCUT2D eigenvalue weighted by Crippen LogP contribution is 1.96. The van der Waals surface area contributed by atoms with Crippen LogP contribution in [0.3, 0.4) is 0 Å². The molecule has 0 saturated carbocycles. The molecule has 7 heteroatoms. The molecule has 0 unspecified atom stereocenters. The second kappa shape index (κ2) is 9.26. The minimum absolute atomic E-state index is 0.0348. The molecule has 0 atom stereocenters. The van der Waals surface area contributed by atoms with Crippen LogP contribution in [0.25, 0.3) is 0 Å². The topological polar surface area (TPSA) is 84.9 Å². The number of carbonyl (C=O) groups is 3. The van der Waals surface area contributed by atoms with Crippen LogP contribution in [-0.2, 0) is 19.1 Å². The maximum absolute atomic E-state index is 11.7. The molecule has 0 aliphatic heterocycles. The molecule has 0 bridgehead atoms. The van der Waals surface area contributed by atoms with E-state index in [0.717, 1.165) is 6.42 Å². The number of hydrogen-bond donors (Lipinski definition) is 1. The van der Waals surface area contributed by atoms with Crippen molar-refractivity contribution in [2.24, 2.45) is 0 Å². The van der Waals surface area contributed by atoms with Gasteiger partial charge in [-0.25, -0.2) is 4.79 Å². The van der Waals surface area contributed by atoms with E-state index in [2.05, 4.69) is 14.8 Å². The summed E-state index contributed by atoms with van der Waals surface area (Å²) in [6.07, 6.45) is 0.821. The molecule has 0 aliphatic carbocycles. The van der Waals surface area contributed by atoms with E-state index in [-0.39, 0.29) is 19.5 Å². The predicted octanol–water partition coefficient (Wildman–Crippen LogP) is 0.144. The van der Waals surface area contributed by atoms with Crippen molar-refractivity contribution in [1.82, 2.24) is 10.2 Å². The molecule has 104 valence electrons. The van der Waals surface area contributed by atoms with Gasteiger partial charge in [-0.3, -0.25) is 9.59 Å². The molecular formula is C11H20N2O5. The molecule has 0 aromatic rings. The zero-order valence-corrected chi connectivity index (χ0v) is 11.0. The van der Waals surface area contributed by atoms with Gasteiger partial charge in [0.25, 0.3) is 0 Å². The number of carbonyl (C=O) groups excluding carboxylic acids is 3. The molecule has 2 amide bonds. The summed E-state index contributed by atoms with van der Waals surface area (Å²) >= 11 is 0. The third-order valence-corrected chi connectivity index (χ3v) is 2.17. The molecule has 0 saturated heterocycles. The molecule has 0 aromatic heterocycles. The van der Waals surface area contributed by atoms with Crippen molar-refractivity contribution in [1.29, 1.82) is 0 Å². The summed E-state index contributed by atoms with van der Waals surface area (Å²) in [6, 6.07) is -0.397. The van der Waals surface area contributed by atoms with Gasteiger partial charge in [0.05, 0.1) is 20.6 Å². The Bertz CT molecular complexity index is 293. The van der Waals surface area contributed by atoms with Crippen LogP contribution in [0.15, 0.2) is 0 Å². The van der Waals surface area contributed by atoms with Gasteiger partial charge < -0.3 is 19.7 Å². The number of nitrogens with one attached hydrogen (secondary N) is 1. The van der Waals surface area contributed by atoms with Crippen LogP contribution in [0, 0.1) is 0 Å². The van der Waals surface area contributed by atoms with Crippen molar-refractivity contribution in [3.8, 4) is 0 Å². The van der Waals surface area contributed by atoms with Crippen molar-refractivity contribution < 1.29 is 23.9 Å². The van der Waals surface area contributed by atoms with Crippen molar-refractivity contribution in [3.05, 3.63) is 0 Å². The van der Waals surface area contributed by atoms with Gasteiger partial charge in [-0.05, 0) is 6.42 Å². The molecule has 0 rings (SSSR count). The second-order valence-corrected chi connectivity index (χ2v) is 3.56. The molecule has 0 fully saturated rings. The monoisotopic (exact) mass is 260 g/mol. The van der Waals surface area contributed by atoms with Gasteiger partial charge in [-0.1, -0.05) is 6.92 Å². The predicted molar refractivity (Wildman–Crippen MR) is 63.9 cm³/mol. The Morgan fingerprint density at radius 1 is 1.11 bits per heavy atom. The first-order valence-corrected chi connectivity index (χ1v) is 5.71. The Hall–Kier alpha value is -1.79. The number of esters is 2. The summed E-state index contributed by atoms with van der Waals surface area (Å²) in [5.74, 6) is -0.973. The lowest BCUT2D eigenvalue weighted by Gasteiger charge is -2.21. The van der Waals surface area contributed by atoms with Crippen molar-refractivity contribution in [2.45, 2.75) is 19.8 Å². The summed E-state index contributed by atoms with van der Waals surface area (Å²) in [4.78, 5) is 35.1. The fourth-order valence-corrected chi connectivity index (χ4v) is 1.14. The molecule has 18 heavy (non-hydrogen) atoms. The van der Waals surface area contributed by atoms with Crippen molar-refractivity contribution in [3.63, 3.8) is 0 Å². The number of urea groups is 1. The highest BCUT2D eigenvalue weighted by Gasteiger charge is 2.18. The normalized spacial score (nSPS) is 9.50. The van der Waals surface area contributed by atoms with Gasteiger partial charge in [0.1, 0.15) is 6.54 Å². The maximum atomic E-state index is 11.7. The van der Waals surface area contributed by atoms with Crippen LogP contribution in [0.1, 0.15) is 19.8 Å². The zero-order valence-electron chi connectivity index (χ0n) is 11.0. The van der Waals surface area contributed by atoms with Crippen LogP contribution < -0.4 is 5.32 Å². The first-order chi connectivity index (χ1) is 8.54. The van der Waals surface area contributed by atoms with Gasteiger partial charge in [0, 0.05) is 13.1 Å². The van der Waals surface area contributed by atoms with E-state index in [1.165, 1.54) is 19.1 Å². The Kier molecular flexibility index (Phi) is 8.34. The Morgan fingerprint density at radius 2 is 1.72 bits per heavy atom. The average Bonchev–Trinajstić information content (AvgIpc) is 2.39. The van der Waals surface area contributed by atoms with Crippen LogP contribution >= 0.6 is 0 Å². The third kappa shape index (κ3) is 6.72. The Balaban J connectivity index is 4.36. The lowest BCUT2D eigenvalue weighted by molar-refractivity contribution is -0.143. The average molecular weight is 260 g/mol. The summed E-state index contributed by atoms with van der Waals surface area (Å²) in [7, 11) is 2.51. The molecule has 0 aromatic carbocycles. The molecule has 7 nitrogen and oxygen atoms in total. The standard InChI is InChI=1S/C11H20N2O5/c1-4-6-12-11(16)13(8-10(15)18-3)7-5-9(14)17-2/h4-8H2,1-3H3,(H,12,16). The highest BCUT2D eigenvalue weighted by molar-refractivity contribution is 5.81. The number of ether oxygens (including phenoxy) is 2. The largest absolute Gasteiger partial charge is 0.469 e. The quantitative estimate of drug-likeness (QED) is 0.658. The van der Waals surface area contributed by atoms with Crippen LogP contribution in [0.5, 0.6) is 0 Å². The minimum Gasteiger partial charge on any atom is -0.469 e. The van der Waals surface area contributed by atoms with Gasteiger partial charge in [-0.15, -0.1) is 0 Å². The van der Waals surface area contributed by atoms with Gasteiger partial charge >= 0.3 is 18.0 Å². The summed E-state index contributed by atoms with van der Waals surface area (Å²) in [5.41, 5.74) is 0. The lowest BCUT2D eigenvalue weighted by Crippen LogP contribution is -2.44. The lowest BCUT2D eigenvalue weighted by atomic mass is 10.4. The highest BCUT2D eigenvalue weighted by atomic mass is 16.5. The van der Waals surface area contributed by atoms with Crippen LogP contribution in [0.2, 0.25) is 0 Å². The zero-order chi connectivity index (χ0) is 14.0. The second-order valence-electron chi connectivity index (χ2n) is 3.56. The van der Waals surface area contributed by atoms with Gasteiger partial charge in [0.15, 0.2) is 0 Å². The van der Waals surface area contributed by atoms with E-state index in [1.807, 2.05) is 6.92 Å². The van der Waals surface area contributed by atoms with E-state index in [0.29, 0.717) is 6.54 Å². The molecule has 1 N–H and O–H groups in total. The summed E-state index contributed by atoms with van der Waals surface area (Å²) < 4.78 is 8.97. The molecule has 0 radical (unpaired) electrons.